The summed E-state index contributed by atoms with van der Waals surface area (Å²) in [6, 6.07) is 10.6. The summed E-state index contributed by atoms with van der Waals surface area (Å²) in [5.74, 6) is -0.807. The molecule has 9 heteroatoms. The van der Waals surface area contributed by atoms with Crippen molar-refractivity contribution >= 4 is 72.8 Å². The van der Waals surface area contributed by atoms with Gasteiger partial charge < -0.3 is 9.84 Å². The highest BCUT2D eigenvalue weighted by atomic mass is 79.9. The van der Waals surface area contributed by atoms with Crippen LogP contribution in [0.2, 0.25) is 0 Å². The lowest BCUT2D eigenvalue weighted by Crippen LogP contribution is -2.56. The van der Waals surface area contributed by atoms with Gasteiger partial charge in [0.2, 0.25) is 0 Å². The quantitative estimate of drug-likeness (QED) is 0.292. The van der Waals surface area contributed by atoms with Crippen LogP contribution in [0.3, 0.4) is 0 Å². The topological polar surface area (TPSA) is 70.1 Å². The zero-order valence-corrected chi connectivity index (χ0v) is 20.9. The molecule has 0 unspecified atom stereocenters. The lowest BCUT2D eigenvalue weighted by Gasteiger charge is -2.36. The number of phenols is 1. The van der Waals surface area contributed by atoms with E-state index in [0.717, 1.165) is 0 Å². The van der Waals surface area contributed by atoms with E-state index >= 15 is 0 Å². The Balaban J connectivity index is 2.16. The average molecular weight is 568 g/mol. The summed E-state index contributed by atoms with van der Waals surface area (Å²) < 4.78 is 6.33. The van der Waals surface area contributed by atoms with Crippen molar-refractivity contribution in [1.29, 1.82) is 0 Å². The van der Waals surface area contributed by atoms with Gasteiger partial charge in [0.1, 0.15) is 5.57 Å². The van der Waals surface area contributed by atoms with E-state index in [-0.39, 0.29) is 22.2 Å². The van der Waals surface area contributed by atoms with Gasteiger partial charge in [-0.25, -0.2) is 0 Å². The Labute approximate surface area is 202 Å². The zero-order chi connectivity index (χ0) is 22.7. The Hall–Kier alpha value is -2.23. The van der Waals surface area contributed by atoms with E-state index < -0.39 is 11.8 Å². The third-order valence-corrected chi connectivity index (χ3v) is 7.13. The summed E-state index contributed by atoms with van der Waals surface area (Å²) in [4.78, 5) is 29.4. The first kappa shape index (κ1) is 23.4. The molecule has 2 amide bonds. The van der Waals surface area contributed by atoms with Crippen LogP contribution in [0.5, 0.6) is 11.5 Å². The minimum absolute atomic E-state index is 0.0355. The van der Waals surface area contributed by atoms with Gasteiger partial charge >= 0.3 is 0 Å². The van der Waals surface area contributed by atoms with Crippen molar-refractivity contribution in [3.63, 3.8) is 0 Å². The van der Waals surface area contributed by atoms with Crippen LogP contribution in [0.25, 0.3) is 6.08 Å². The first-order valence-electron chi connectivity index (χ1n) is 9.62. The van der Waals surface area contributed by atoms with Crippen LogP contribution >= 0.6 is 44.1 Å². The number of aromatic hydroxyl groups is 1. The van der Waals surface area contributed by atoms with Gasteiger partial charge in [0.25, 0.3) is 11.8 Å². The molecule has 1 heterocycles. The third-order valence-electron chi connectivity index (χ3n) is 4.57. The molecule has 1 saturated heterocycles. The number of anilines is 1. The summed E-state index contributed by atoms with van der Waals surface area (Å²) in [5.41, 5.74) is 1.05. The van der Waals surface area contributed by atoms with Crippen LogP contribution in [0.15, 0.2) is 50.9 Å². The van der Waals surface area contributed by atoms with E-state index in [0.29, 0.717) is 39.8 Å². The van der Waals surface area contributed by atoms with Gasteiger partial charge in [0, 0.05) is 11.0 Å². The number of halogens is 2. The average Bonchev–Trinajstić information content (AvgIpc) is 2.76. The van der Waals surface area contributed by atoms with E-state index in [4.69, 9.17) is 17.0 Å². The minimum Gasteiger partial charge on any atom is -0.503 e. The van der Waals surface area contributed by atoms with Gasteiger partial charge in [-0.1, -0.05) is 25.1 Å². The summed E-state index contributed by atoms with van der Waals surface area (Å²) in [6.45, 7) is 4.46. The monoisotopic (exact) mass is 566 g/mol. The maximum atomic E-state index is 13.4. The molecule has 1 N–H and O–H groups in total. The Kier molecular flexibility index (Phi) is 7.51. The van der Waals surface area contributed by atoms with Crippen LogP contribution in [0.1, 0.15) is 25.8 Å². The molecule has 3 rings (SSSR count). The molecule has 0 aromatic heterocycles. The van der Waals surface area contributed by atoms with E-state index in [1.54, 1.807) is 37.3 Å². The van der Waals surface area contributed by atoms with Crippen molar-refractivity contribution in [3.05, 3.63) is 56.5 Å². The summed E-state index contributed by atoms with van der Waals surface area (Å²) in [6.07, 6.45) is 2.17. The number of benzene rings is 2. The zero-order valence-electron chi connectivity index (χ0n) is 16.9. The van der Waals surface area contributed by atoms with E-state index in [1.165, 1.54) is 15.9 Å². The molecule has 6 nitrogen and oxygen atoms in total. The predicted octanol–water partition coefficient (Wildman–Crippen LogP) is 5.27. The number of nitrogens with zero attached hydrogens (tertiary/aromatic N) is 2. The van der Waals surface area contributed by atoms with Crippen molar-refractivity contribution < 1.29 is 19.4 Å². The maximum Gasteiger partial charge on any atom is 0.270 e. The molecule has 2 aromatic rings. The molecule has 1 aliphatic rings. The van der Waals surface area contributed by atoms with Crippen molar-refractivity contribution in [1.82, 2.24) is 4.90 Å². The Morgan fingerprint density at radius 3 is 2.39 bits per heavy atom. The highest BCUT2D eigenvalue weighted by Gasteiger charge is 2.40. The number of hydrogen-bond donors (Lipinski definition) is 1. The fourth-order valence-corrected chi connectivity index (χ4v) is 4.34. The molecule has 0 bridgehead atoms. The van der Waals surface area contributed by atoms with E-state index in [1.807, 2.05) is 13.0 Å². The molecular weight excluding hydrogens is 548 g/mol. The number of carbonyl (C=O) groups excluding carboxylic acids is 2. The van der Waals surface area contributed by atoms with E-state index in [9.17, 15) is 14.7 Å². The van der Waals surface area contributed by atoms with Gasteiger partial charge in [-0.2, -0.15) is 0 Å². The standard InChI is InChI=1S/C22H20Br2N2O4S/c1-3-10-25-20(28)15(21(29)26(22(25)31)14-8-6-5-7-9-14)11-13-12-16(30-4-2)19(27)18(24)17(13)23/h5-9,11-12,27H,3-4,10H2,1-2H3/b15-11+. The first-order valence-corrected chi connectivity index (χ1v) is 11.6. The van der Waals surface area contributed by atoms with Crippen molar-refractivity contribution in [2.24, 2.45) is 0 Å². The number of thiocarbonyl (C=S) groups is 1. The van der Waals surface area contributed by atoms with Crippen molar-refractivity contribution in [3.8, 4) is 11.5 Å². The van der Waals surface area contributed by atoms with Gasteiger partial charge in [0.05, 0.1) is 16.8 Å². The van der Waals surface area contributed by atoms with Crippen LogP contribution in [0.4, 0.5) is 5.69 Å². The number of amides is 2. The summed E-state index contributed by atoms with van der Waals surface area (Å²) >= 11 is 12.2. The lowest BCUT2D eigenvalue weighted by atomic mass is 10.0. The predicted molar refractivity (Wildman–Crippen MR) is 131 cm³/mol. The Morgan fingerprint density at radius 2 is 1.77 bits per heavy atom. The second-order valence-corrected chi connectivity index (χ2v) is 8.60. The molecule has 0 atom stereocenters. The Bertz CT molecular complexity index is 1070. The van der Waals surface area contributed by atoms with Gasteiger partial charge in [-0.15, -0.1) is 0 Å². The molecule has 0 saturated carbocycles. The summed E-state index contributed by atoms with van der Waals surface area (Å²) in [7, 11) is 0. The molecule has 2 aromatic carbocycles. The molecular formula is C22H20Br2N2O4S. The minimum atomic E-state index is -0.511. The fourth-order valence-electron chi connectivity index (χ4n) is 3.14. The van der Waals surface area contributed by atoms with Gasteiger partial charge in [-0.05, 0) is 87.3 Å². The van der Waals surface area contributed by atoms with Crippen LogP contribution in [-0.2, 0) is 9.59 Å². The second kappa shape index (κ2) is 9.93. The van der Waals surface area contributed by atoms with Crippen LogP contribution in [-0.4, -0.2) is 40.1 Å². The lowest BCUT2D eigenvalue weighted by molar-refractivity contribution is -0.127. The van der Waals surface area contributed by atoms with Crippen LogP contribution in [0, 0.1) is 0 Å². The number of phenolic OH excluding ortho intramolecular Hbond substituents is 1. The second-order valence-electron chi connectivity index (χ2n) is 6.65. The largest absolute Gasteiger partial charge is 0.503 e. The number of hydrogen-bond acceptors (Lipinski definition) is 5. The maximum absolute atomic E-state index is 13.4. The molecule has 31 heavy (non-hydrogen) atoms. The third kappa shape index (κ3) is 4.53. The number of para-hydroxylation sites is 1. The van der Waals surface area contributed by atoms with Crippen molar-refractivity contribution in [2.45, 2.75) is 20.3 Å². The highest BCUT2D eigenvalue weighted by molar-refractivity contribution is 9.13. The van der Waals surface area contributed by atoms with Crippen LogP contribution < -0.4 is 9.64 Å². The molecule has 1 aliphatic heterocycles. The van der Waals surface area contributed by atoms with Crippen molar-refractivity contribution in [2.75, 3.05) is 18.1 Å². The molecule has 162 valence electrons. The fraction of sp³-hybridized carbons (Fsp3) is 0.227. The molecule has 0 spiro atoms. The molecule has 0 radical (unpaired) electrons. The SMILES string of the molecule is CCCN1C(=O)/C(=C\c2cc(OCC)c(O)c(Br)c2Br)C(=O)N(c2ccccc2)C1=S. The number of ether oxygens (including phenoxy) is 1. The Morgan fingerprint density at radius 1 is 1.10 bits per heavy atom. The van der Waals surface area contributed by atoms with E-state index in [2.05, 4.69) is 31.9 Å². The summed E-state index contributed by atoms with van der Waals surface area (Å²) in [5, 5.41) is 10.4. The van der Waals surface area contributed by atoms with Gasteiger partial charge in [-0.3, -0.25) is 19.4 Å². The van der Waals surface area contributed by atoms with Gasteiger partial charge in [0.15, 0.2) is 16.6 Å². The molecule has 0 aliphatic carbocycles. The first-order chi connectivity index (χ1) is 14.8. The number of rotatable bonds is 6. The number of carbonyl (C=O) groups is 2. The normalized spacial score (nSPS) is 15.7. The molecule has 1 fully saturated rings. The highest BCUT2D eigenvalue weighted by Crippen LogP contribution is 2.43. The smallest absolute Gasteiger partial charge is 0.270 e.